The van der Waals surface area contributed by atoms with Gasteiger partial charge in [0.05, 0.1) is 25.3 Å². The number of ether oxygens (including phenoxy) is 2. The summed E-state index contributed by atoms with van der Waals surface area (Å²) in [6, 6.07) is -3.26. The SMILES string of the molecule is CCCCCCCCOC(=O)C1(F)OC([C@H](O)[C@H](O)CO)C(NC(C)=O)C(N)C1F. The van der Waals surface area contributed by atoms with Crippen LogP contribution in [0.4, 0.5) is 8.78 Å². The Balaban J connectivity index is 2.86. The topological polar surface area (TPSA) is 151 Å². The average molecular weight is 440 g/mol. The van der Waals surface area contributed by atoms with Crippen molar-refractivity contribution >= 4 is 11.9 Å². The first-order valence-corrected chi connectivity index (χ1v) is 10.3. The molecule has 0 bridgehead atoms. The Kier molecular flexibility index (Phi) is 11.1. The molecule has 1 aliphatic rings. The van der Waals surface area contributed by atoms with E-state index in [4.69, 9.17) is 20.3 Å². The van der Waals surface area contributed by atoms with Gasteiger partial charge in [0.15, 0.2) is 6.17 Å². The van der Waals surface area contributed by atoms with Gasteiger partial charge in [-0.3, -0.25) is 4.79 Å². The molecule has 0 aliphatic carbocycles. The molecule has 7 atom stereocenters. The minimum atomic E-state index is -3.64. The predicted molar refractivity (Wildman–Crippen MR) is 103 cm³/mol. The van der Waals surface area contributed by atoms with Gasteiger partial charge in [-0.15, -0.1) is 0 Å². The molecule has 1 heterocycles. The maximum Gasteiger partial charge on any atom is 0.375 e. The third-order valence-electron chi connectivity index (χ3n) is 5.07. The Morgan fingerprint density at radius 3 is 2.40 bits per heavy atom. The summed E-state index contributed by atoms with van der Waals surface area (Å²) in [5.41, 5.74) is 5.70. The molecule has 176 valence electrons. The fourth-order valence-corrected chi connectivity index (χ4v) is 3.31. The van der Waals surface area contributed by atoms with E-state index in [-0.39, 0.29) is 6.61 Å². The van der Waals surface area contributed by atoms with E-state index < -0.39 is 60.9 Å². The van der Waals surface area contributed by atoms with Crippen LogP contribution in [0.2, 0.25) is 0 Å². The van der Waals surface area contributed by atoms with E-state index in [9.17, 15) is 24.2 Å². The summed E-state index contributed by atoms with van der Waals surface area (Å²) in [5, 5.41) is 31.1. The number of aliphatic hydroxyl groups excluding tert-OH is 3. The lowest BCUT2D eigenvalue weighted by Gasteiger charge is -2.46. The van der Waals surface area contributed by atoms with Crippen molar-refractivity contribution in [1.29, 1.82) is 0 Å². The van der Waals surface area contributed by atoms with E-state index in [1.165, 1.54) is 0 Å². The fraction of sp³-hybridized carbons (Fsp3) is 0.895. The molecule has 0 aromatic rings. The zero-order valence-corrected chi connectivity index (χ0v) is 17.4. The van der Waals surface area contributed by atoms with E-state index in [1.807, 2.05) is 0 Å². The number of halogens is 2. The van der Waals surface area contributed by atoms with Crippen molar-refractivity contribution in [2.24, 2.45) is 5.73 Å². The maximum absolute atomic E-state index is 15.3. The molecule has 1 saturated heterocycles. The maximum atomic E-state index is 15.3. The zero-order valence-electron chi connectivity index (χ0n) is 17.4. The van der Waals surface area contributed by atoms with Crippen molar-refractivity contribution in [2.75, 3.05) is 13.2 Å². The number of carbonyl (C=O) groups excluding carboxylic acids is 2. The number of hydrogen-bond donors (Lipinski definition) is 5. The van der Waals surface area contributed by atoms with Crippen molar-refractivity contribution in [1.82, 2.24) is 5.32 Å². The number of nitrogens with two attached hydrogens (primary N) is 1. The van der Waals surface area contributed by atoms with Gasteiger partial charge < -0.3 is 35.8 Å². The van der Waals surface area contributed by atoms with Crippen LogP contribution in [0.25, 0.3) is 0 Å². The first-order chi connectivity index (χ1) is 14.1. The minimum Gasteiger partial charge on any atom is -0.461 e. The van der Waals surface area contributed by atoms with Crippen molar-refractivity contribution in [3.63, 3.8) is 0 Å². The van der Waals surface area contributed by atoms with Crippen LogP contribution >= 0.6 is 0 Å². The van der Waals surface area contributed by atoms with Crippen LogP contribution in [-0.4, -0.2) is 82.8 Å². The van der Waals surface area contributed by atoms with Crippen LogP contribution in [0.3, 0.4) is 0 Å². The Morgan fingerprint density at radius 1 is 1.23 bits per heavy atom. The number of carbonyl (C=O) groups is 2. The molecule has 1 aliphatic heterocycles. The number of amides is 1. The number of nitrogens with one attached hydrogen (secondary N) is 1. The van der Waals surface area contributed by atoms with E-state index in [0.29, 0.717) is 6.42 Å². The van der Waals surface area contributed by atoms with Gasteiger partial charge in [-0.05, 0) is 6.42 Å². The summed E-state index contributed by atoms with van der Waals surface area (Å²) in [6.45, 7) is 2.08. The quantitative estimate of drug-likeness (QED) is 0.207. The highest BCUT2D eigenvalue weighted by molar-refractivity contribution is 5.79. The summed E-state index contributed by atoms with van der Waals surface area (Å²) in [5.74, 6) is -5.97. The summed E-state index contributed by atoms with van der Waals surface area (Å²) >= 11 is 0. The number of rotatable bonds is 12. The minimum absolute atomic E-state index is 0.149. The highest BCUT2D eigenvalue weighted by Crippen LogP contribution is 2.35. The van der Waals surface area contributed by atoms with Crippen LogP contribution in [-0.2, 0) is 19.1 Å². The summed E-state index contributed by atoms with van der Waals surface area (Å²) in [6.07, 6.45) is -2.98. The molecule has 0 saturated carbocycles. The third kappa shape index (κ3) is 6.81. The second kappa shape index (κ2) is 12.5. The largest absolute Gasteiger partial charge is 0.461 e. The number of unbranched alkanes of at least 4 members (excludes halogenated alkanes) is 5. The lowest BCUT2D eigenvalue weighted by molar-refractivity contribution is -0.278. The number of hydrogen-bond acceptors (Lipinski definition) is 8. The Labute approximate surface area is 174 Å². The van der Waals surface area contributed by atoms with Crippen LogP contribution in [0.1, 0.15) is 52.4 Å². The monoisotopic (exact) mass is 440 g/mol. The van der Waals surface area contributed by atoms with Crippen LogP contribution in [0, 0.1) is 0 Å². The molecule has 11 heteroatoms. The molecule has 0 spiro atoms. The summed E-state index contributed by atoms with van der Waals surface area (Å²) in [4.78, 5) is 23.7. The first-order valence-electron chi connectivity index (χ1n) is 10.3. The molecule has 1 amide bonds. The zero-order chi connectivity index (χ0) is 22.9. The molecular weight excluding hydrogens is 406 g/mol. The lowest BCUT2D eigenvalue weighted by Crippen LogP contribution is -2.73. The lowest BCUT2D eigenvalue weighted by atomic mass is 9.86. The van der Waals surface area contributed by atoms with Crippen molar-refractivity contribution in [2.45, 2.75) is 94.8 Å². The van der Waals surface area contributed by atoms with Gasteiger partial charge in [0.2, 0.25) is 5.91 Å². The van der Waals surface area contributed by atoms with Crippen LogP contribution < -0.4 is 11.1 Å². The predicted octanol–water partition coefficient (Wildman–Crippen LogP) is -0.161. The second-order valence-corrected chi connectivity index (χ2v) is 7.58. The Bertz CT molecular complexity index is 557. The average Bonchev–Trinajstić information content (AvgIpc) is 2.71. The van der Waals surface area contributed by atoms with Crippen LogP contribution in [0.15, 0.2) is 0 Å². The highest BCUT2D eigenvalue weighted by Gasteiger charge is 2.62. The smallest absolute Gasteiger partial charge is 0.375 e. The van der Waals surface area contributed by atoms with Crippen molar-refractivity contribution in [3.05, 3.63) is 0 Å². The molecule has 1 fully saturated rings. The Hall–Kier alpha value is -1.40. The standard InChI is InChI=1S/C19H34F2N2O7/c1-3-4-5-6-7-8-9-29-18(28)19(21)17(20)13(22)14(23-11(2)25)16(30-19)15(27)12(26)10-24/h12-17,24,26-27H,3-10,22H2,1-2H3,(H,23,25)/t12-,13?,14?,15-,16?,17?,19?/m1/s1. The van der Waals surface area contributed by atoms with Gasteiger partial charge in [0, 0.05) is 6.92 Å². The molecule has 0 radical (unpaired) electrons. The van der Waals surface area contributed by atoms with Gasteiger partial charge in [-0.1, -0.05) is 39.0 Å². The van der Waals surface area contributed by atoms with Crippen LogP contribution in [0.5, 0.6) is 0 Å². The van der Waals surface area contributed by atoms with Gasteiger partial charge in [0.25, 0.3) is 0 Å². The van der Waals surface area contributed by atoms with Crippen molar-refractivity contribution < 1.29 is 43.2 Å². The third-order valence-corrected chi connectivity index (χ3v) is 5.07. The van der Waals surface area contributed by atoms with E-state index in [1.54, 1.807) is 0 Å². The van der Waals surface area contributed by atoms with Gasteiger partial charge in [-0.25, -0.2) is 9.18 Å². The molecule has 1 rings (SSSR count). The van der Waals surface area contributed by atoms with Gasteiger partial charge in [0.1, 0.15) is 18.3 Å². The molecular formula is C19H34F2N2O7. The summed E-state index contributed by atoms with van der Waals surface area (Å²) < 4.78 is 39.7. The Morgan fingerprint density at radius 2 is 1.83 bits per heavy atom. The highest BCUT2D eigenvalue weighted by atomic mass is 19.2. The molecule has 9 nitrogen and oxygen atoms in total. The first kappa shape index (κ1) is 26.6. The second-order valence-electron chi connectivity index (χ2n) is 7.58. The fourth-order valence-electron chi connectivity index (χ4n) is 3.31. The van der Waals surface area contributed by atoms with Gasteiger partial charge in [-0.2, -0.15) is 4.39 Å². The molecule has 30 heavy (non-hydrogen) atoms. The molecule has 6 N–H and O–H groups in total. The van der Waals surface area contributed by atoms with Crippen molar-refractivity contribution in [3.8, 4) is 0 Å². The molecule has 0 aromatic carbocycles. The molecule has 5 unspecified atom stereocenters. The van der Waals surface area contributed by atoms with E-state index >= 15 is 4.39 Å². The van der Waals surface area contributed by atoms with E-state index in [2.05, 4.69) is 12.2 Å². The normalized spacial score (nSPS) is 31.1. The summed E-state index contributed by atoms with van der Waals surface area (Å²) in [7, 11) is 0. The van der Waals surface area contributed by atoms with E-state index in [0.717, 1.165) is 39.0 Å². The van der Waals surface area contributed by atoms with Gasteiger partial charge >= 0.3 is 11.8 Å². The molecule has 0 aromatic heterocycles. The number of aliphatic hydroxyl groups is 3. The number of alkyl halides is 2. The number of esters is 1.